The number of hydrogen-bond acceptors (Lipinski definition) is 0. The van der Waals surface area contributed by atoms with Gasteiger partial charge in [-0.05, 0) is 93.3 Å². The molecule has 204 valence electrons. The molecule has 0 aliphatic heterocycles. The van der Waals surface area contributed by atoms with Gasteiger partial charge in [-0.1, -0.05) is 164 Å². The SMILES string of the molecule is [2H]c1c([2H])c([2H])c2c(-c3ccc4c5ccccc5c5ccccc5c4c3)c3c([2H])c([2H])c([2H])c([2H])c3c(-c3ccc(-c4ccccc4)cc3)c2c1[2H]. The molecule has 0 atom stereocenters. The standard InChI is InChI=1S/C44H28/c1-2-12-29(13-3-1)30-22-24-31(25-23-30)43-38-18-8-10-20-40(38)44(41-21-11-9-19-39(41)43)32-26-27-37-35-16-5-4-14-33(35)34-15-6-7-17-36(34)42(37)28-32/h1-28H/i8D,9D,10D,11D,18D,19D,20D,21D. The van der Waals surface area contributed by atoms with Gasteiger partial charge in [0.15, 0.2) is 0 Å². The predicted molar refractivity (Wildman–Crippen MR) is 190 cm³/mol. The van der Waals surface area contributed by atoms with Gasteiger partial charge in [0.2, 0.25) is 0 Å². The highest BCUT2D eigenvalue weighted by atomic mass is 14.2. The van der Waals surface area contributed by atoms with E-state index in [9.17, 15) is 5.48 Å². The third-order valence-corrected chi connectivity index (χ3v) is 8.69. The molecule has 0 radical (unpaired) electrons. The quantitative estimate of drug-likeness (QED) is 0.148. The third-order valence-electron chi connectivity index (χ3n) is 8.69. The maximum Gasteiger partial charge on any atom is 0.0629 e. The van der Waals surface area contributed by atoms with Crippen molar-refractivity contribution in [3.8, 4) is 33.4 Å². The summed E-state index contributed by atoms with van der Waals surface area (Å²) in [5.74, 6) is 0. The van der Waals surface area contributed by atoms with Crippen LogP contribution in [0.2, 0.25) is 0 Å². The average Bonchev–Trinajstić information content (AvgIpc) is 3.19. The Kier molecular flexibility index (Phi) is 4.08. The average molecular weight is 565 g/mol. The topological polar surface area (TPSA) is 0 Å². The van der Waals surface area contributed by atoms with Crippen molar-refractivity contribution in [1.29, 1.82) is 0 Å². The monoisotopic (exact) mass is 564 g/mol. The number of fused-ring (bicyclic) bond motifs is 8. The van der Waals surface area contributed by atoms with Gasteiger partial charge in [0.1, 0.15) is 0 Å². The van der Waals surface area contributed by atoms with Gasteiger partial charge in [-0.15, -0.1) is 0 Å². The van der Waals surface area contributed by atoms with Crippen LogP contribution in [0.1, 0.15) is 11.0 Å². The molecule has 0 aliphatic rings. The Balaban J connectivity index is 1.48. The Morgan fingerprint density at radius 1 is 0.273 bits per heavy atom. The van der Waals surface area contributed by atoms with E-state index >= 15 is 0 Å². The van der Waals surface area contributed by atoms with E-state index in [0.717, 1.165) is 43.4 Å². The molecule has 0 spiro atoms. The van der Waals surface area contributed by atoms with Crippen molar-refractivity contribution in [2.24, 2.45) is 0 Å². The van der Waals surface area contributed by atoms with E-state index < -0.39 is 24.2 Å². The first-order chi connectivity index (χ1) is 25.2. The van der Waals surface area contributed by atoms with Crippen LogP contribution in [-0.4, -0.2) is 0 Å². The van der Waals surface area contributed by atoms with Gasteiger partial charge in [0.25, 0.3) is 0 Å². The van der Waals surface area contributed by atoms with Crippen LogP contribution in [0.5, 0.6) is 0 Å². The lowest BCUT2D eigenvalue weighted by Gasteiger charge is -2.19. The zero-order chi connectivity index (χ0) is 36.0. The van der Waals surface area contributed by atoms with Crippen molar-refractivity contribution < 1.29 is 11.0 Å². The zero-order valence-electron chi connectivity index (χ0n) is 31.5. The second-order valence-corrected chi connectivity index (χ2v) is 11.0. The maximum atomic E-state index is 9.34. The van der Waals surface area contributed by atoms with Crippen molar-refractivity contribution in [2.45, 2.75) is 0 Å². The summed E-state index contributed by atoms with van der Waals surface area (Å²) in [6.45, 7) is 0. The van der Waals surface area contributed by atoms with Crippen molar-refractivity contribution in [3.05, 3.63) is 170 Å². The second-order valence-electron chi connectivity index (χ2n) is 11.0. The molecule has 0 saturated heterocycles. The van der Waals surface area contributed by atoms with E-state index in [4.69, 9.17) is 5.48 Å². The number of rotatable bonds is 3. The van der Waals surface area contributed by atoms with Gasteiger partial charge in [0, 0.05) is 0 Å². The van der Waals surface area contributed by atoms with Crippen LogP contribution in [0.25, 0.3) is 87.2 Å². The highest BCUT2D eigenvalue weighted by Gasteiger charge is 2.18. The van der Waals surface area contributed by atoms with Gasteiger partial charge in [-0.2, -0.15) is 0 Å². The van der Waals surface area contributed by atoms with Crippen LogP contribution in [0.4, 0.5) is 0 Å². The zero-order valence-corrected chi connectivity index (χ0v) is 23.5. The first-order valence-corrected chi connectivity index (χ1v) is 14.6. The fraction of sp³-hybridized carbons (Fsp3) is 0. The Bertz CT molecular complexity index is 2850. The molecule has 9 aromatic carbocycles. The van der Waals surface area contributed by atoms with Crippen molar-refractivity contribution >= 4 is 53.9 Å². The molecule has 9 aromatic rings. The lowest BCUT2D eigenvalue weighted by atomic mass is 9.84. The Hall–Kier alpha value is -5.72. The molecular weight excluding hydrogens is 528 g/mol. The molecule has 0 heterocycles. The minimum Gasteiger partial charge on any atom is -0.0622 e. The van der Waals surface area contributed by atoms with Crippen molar-refractivity contribution in [2.75, 3.05) is 0 Å². The lowest BCUT2D eigenvalue weighted by molar-refractivity contribution is 1.61. The summed E-state index contributed by atoms with van der Waals surface area (Å²) in [7, 11) is 0. The first-order valence-electron chi connectivity index (χ1n) is 18.6. The smallest absolute Gasteiger partial charge is 0.0622 e. The fourth-order valence-corrected chi connectivity index (χ4v) is 6.73. The third kappa shape index (κ3) is 3.78. The van der Waals surface area contributed by atoms with Gasteiger partial charge in [-0.3, -0.25) is 0 Å². The summed E-state index contributed by atoms with van der Waals surface area (Å²) in [5.41, 5.74) is 3.78. The van der Waals surface area contributed by atoms with Crippen LogP contribution < -0.4 is 0 Å². The van der Waals surface area contributed by atoms with Crippen LogP contribution in [0, 0.1) is 0 Å². The molecular formula is C44H28. The van der Waals surface area contributed by atoms with Gasteiger partial charge in [-0.25, -0.2) is 0 Å². The first kappa shape index (κ1) is 18.1. The molecule has 0 N–H and O–H groups in total. The maximum absolute atomic E-state index is 9.34. The second kappa shape index (κ2) is 9.93. The van der Waals surface area contributed by atoms with E-state index in [0.29, 0.717) is 22.3 Å². The number of benzene rings is 9. The molecule has 0 amide bonds. The number of hydrogen-bond donors (Lipinski definition) is 0. The molecule has 0 saturated carbocycles. The minimum absolute atomic E-state index is 0.203. The van der Waals surface area contributed by atoms with Crippen LogP contribution >= 0.6 is 0 Å². The molecule has 9 rings (SSSR count). The largest absolute Gasteiger partial charge is 0.0629 e. The van der Waals surface area contributed by atoms with E-state index in [2.05, 4.69) is 24.3 Å². The van der Waals surface area contributed by atoms with E-state index in [1.54, 1.807) is 0 Å². The molecule has 0 nitrogen and oxygen atoms in total. The molecule has 0 aliphatic carbocycles. The van der Waals surface area contributed by atoms with Gasteiger partial charge < -0.3 is 0 Å². The molecule has 0 fully saturated rings. The normalized spacial score (nSPS) is 14.2. The van der Waals surface area contributed by atoms with Crippen LogP contribution in [0.3, 0.4) is 0 Å². The summed E-state index contributed by atoms with van der Waals surface area (Å²) in [6, 6.07) is 36.9. The fourth-order valence-electron chi connectivity index (χ4n) is 6.73. The Morgan fingerprint density at radius 3 is 1.16 bits per heavy atom. The highest BCUT2D eigenvalue weighted by molar-refractivity contribution is 6.27. The molecule has 44 heavy (non-hydrogen) atoms. The van der Waals surface area contributed by atoms with Crippen LogP contribution in [0.15, 0.2) is 170 Å². The minimum atomic E-state index is -0.415. The predicted octanol–water partition coefficient (Wildman–Crippen LogP) is 12.5. The Morgan fingerprint density at radius 2 is 0.636 bits per heavy atom. The lowest BCUT2D eigenvalue weighted by Crippen LogP contribution is -1.91. The van der Waals surface area contributed by atoms with Crippen LogP contribution in [-0.2, 0) is 0 Å². The molecule has 0 bridgehead atoms. The molecule has 0 unspecified atom stereocenters. The highest BCUT2D eigenvalue weighted by Crippen LogP contribution is 2.45. The van der Waals surface area contributed by atoms with E-state index in [-0.39, 0.29) is 45.7 Å². The summed E-state index contributed by atoms with van der Waals surface area (Å²) < 4.78 is 72.3. The van der Waals surface area contributed by atoms with E-state index in [1.807, 2.05) is 97.1 Å². The summed E-state index contributed by atoms with van der Waals surface area (Å²) in [5, 5.41) is 6.99. The van der Waals surface area contributed by atoms with Gasteiger partial charge in [0.05, 0.1) is 11.0 Å². The summed E-state index contributed by atoms with van der Waals surface area (Å²) in [4.78, 5) is 0. The Labute approximate surface area is 267 Å². The molecule has 0 heteroatoms. The molecule has 0 aromatic heterocycles. The summed E-state index contributed by atoms with van der Waals surface area (Å²) >= 11 is 0. The van der Waals surface area contributed by atoms with Gasteiger partial charge >= 0.3 is 0 Å². The van der Waals surface area contributed by atoms with Crippen molar-refractivity contribution in [1.82, 2.24) is 0 Å². The van der Waals surface area contributed by atoms with Crippen molar-refractivity contribution in [3.63, 3.8) is 0 Å². The summed E-state index contributed by atoms with van der Waals surface area (Å²) in [6.07, 6.45) is 0. The van der Waals surface area contributed by atoms with E-state index in [1.165, 1.54) is 0 Å².